The van der Waals surface area contributed by atoms with Crippen molar-refractivity contribution in [2.75, 3.05) is 26.7 Å². The third-order valence-corrected chi connectivity index (χ3v) is 4.07. The first-order valence-corrected chi connectivity index (χ1v) is 6.59. The highest BCUT2D eigenvalue weighted by atomic mass is 35.5. The van der Waals surface area contributed by atoms with Gasteiger partial charge in [-0.1, -0.05) is 11.6 Å². The lowest BCUT2D eigenvalue weighted by atomic mass is 10.1. The lowest BCUT2D eigenvalue weighted by Crippen LogP contribution is -2.29. The molecule has 1 aromatic heterocycles. The molecule has 3 nitrogen and oxygen atoms in total. The molecule has 1 aliphatic rings. The molecule has 1 fully saturated rings. The van der Waals surface area contributed by atoms with Crippen LogP contribution >= 0.6 is 22.9 Å². The summed E-state index contributed by atoms with van der Waals surface area (Å²) in [6.45, 7) is 2.70. The Hall–Kier alpha value is -0.580. The molecule has 0 aliphatic carbocycles. The van der Waals surface area contributed by atoms with Crippen LogP contribution in [0.2, 0.25) is 4.34 Å². The van der Waals surface area contributed by atoms with E-state index >= 15 is 0 Å². The second-order valence-electron chi connectivity index (χ2n) is 4.07. The number of nitrogens with zero attached hydrogens (tertiary/aromatic N) is 1. The molecule has 88 valence electrons. The molecule has 0 radical (unpaired) electrons. The molecule has 2 rings (SSSR count). The Bertz CT molecular complexity index is 380. The highest BCUT2D eigenvalue weighted by molar-refractivity contribution is 7.17. The maximum Gasteiger partial charge on any atom is 0.263 e. The molecule has 1 atom stereocenters. The number of nitrogens with one attached hydrogen (secondary N) is 1. The van der Waals surface area contributed by atoms with Crippen LogP contribution in [-0.4, -0.2) is 37.5 Å². The Morgan fingerprint density at radius 3 is 3.12 bits per heavy atom. The van der Waals surface area contributed by atoms with E-state index < -0.39 is 0 Å². The maximum atomic E-state index is 12.1. The number of thiophene rings is 1. The van der Waals surface area contributed by atoms with Gasteiger partial charge in [0, 0.05) is 13.1 Å². The molecule has 0 bridgehead atoms. The summed E-state index contributed by atoms with van der Waals surface area (Å²) in [5.74, 6) is 0.708. The number of amides is 1. The molecule has 1 saturated heterocycles. The fraction of sp³-hybridized carbons (Fsp3) is 0.545. The van der Waals surface area contributed by atoms with Crippen molar-refractivity contribution < 1.29 is 4.79 Å². The predicted octanol–water partition coefficient (Wildman–Crippen LogP) is 2.08. The molecule has 1 aliphatic heterocycles. The minimum Gasteiger partial charge on any atom is -0.338 e. The molecule has 5 heteroatoms. The van der Waals surface area contributed by atoms with Crippen molar-refractivity contribution >= 4 is 28.8 Å². The molecule has 1 unspecified atom stereocenters. The average molecular weight is 259 g/mol. The maximum absolute atomic E-state index is 12.1. The van der Waals surface area contributed by atoms with Gasteiger partial charge >= 0.3 is 0 Å². The standard InChI is InChI=1S/C11H15ClN2OS/c1-13-6-8-4-5-14(7-8)11(15)9-2-3-10(12)16-9/h2-3,8,13H,4-7H2,1H3. The van der Waals surface area contributed by atoms with Crippen molar-refractivity contribution in [1.82, 2.24) is 10.2 Å². The van der Waals surface area contributed by atoms with Crippen LogP contribution in [0.3, 0.4) is 0 Å². The SMILES string of the molecule is CNCC1CCN(C(=O)c2ccc(Cl)s2)C1. The van der Waals surface area contributed by atoms with Crippen LogP contribution in [0.25, 0.3) is 0 Å². The van der Waals surface area contributed by atoms with Gasteiger partial charge in [0.15, 0.2) is 0 Å². The van der Waals surface area contributed by atoms with Crippen LogP contribution in [0.5, 0.6) is 0 Å². The van der Waals surface area contributed by atoms with Crippen molar-refractivity contribution in [2.45, 2.75) is 6.42 Å². The van der Waals surface area contributed by atoms with Gasteiger partial charge in [-0.25, -0.2) is 0 Å². The zero-order valence-electron chi connectivity index (χ0n) is 9.20. The quantitative estimate of drug-likeness (QED) is 0.900. The van der Waals surface area contributed by atoms with Crippen LogP contribution in [0.1, 0.15) is 16.1 Å². The summed E-state index contributed by atoms with van der Waals surface area (Å²) in [5.41, 5.74) is 0. The minimum atomic E-state index is 0.121. The van der Waals surface area contributed by atoms with Crippen LogP contribution in [-0.2, 0) is 0 Å². The van der Waals surface area contributed by atoms with E-state index in [-0.39, 0.29) is 5.91 Å². The summed E-state index contributed by atoms with van der Waals surface area (Å²) in [7, 11) is 1.95. The van der Waals surface area contributed by atoms with Crippen LogP contribution < -0.4 is 5.32 Å². The largest absolute Gasteiger partial charge is 0.338 e. The molecule has 1 aromatic rings. The molecule has 2 heterocycles. The van der Waals surface area contributed by atoms with Crippen LogP contribution in [0, 0.1) is 5.92 Å². The van der Waals surface area contributed by atoms with Crippen molar-refractivity contribution in [3.05, 3.63) is 21.3 Å². The van der Waals surface area contributed by atoms with Crippen molar-refractivity contribution in [3.63, 3.8) is 0 Å². The summed E-state index contributed by atoms with van der Waals surface area (Å²) in [6.07, 6.45) is 1.09. The third kappa shape index (κ3) is 2.56. The fourth-order valence-corrected chi connectivity index (χ4v) is 3.07. The van der Waals surface area contributed by atoms with E-state index in [1.54, 1.807) is 12.1 Å². The zero-order valence-corrected chi connectivity index (χ0v) is 10.8. The third-order valence-electron chi connectivity index (χ3n) is 2.85. The first-order valence-electron chi connectivity index (χ1n) is 5.40. The van der Waals surface area contributed by atoms with Gasteiger partial charge in [-0.2, -0.15) is 0 Å². The van der Waals surface area contributed by atoms with Crippen molar-refractivity contribution in [2.24, 2.45) is 5.92 Å². The van der Waals surface area contributed by atoms with E-state index in [0.29, 0.717) is 10.3 Å². The highest BCUT2D eigenvalue weighted by Crippen LogP contribution is 2.25. The Kier molecular flexibility index (Phi) is 3.84. The molecule has 16 heavy (non-hydrogen) atoms. The Morgan fingerprint density at radius 2 is 2.50 bits per heavy atom. The van der Waals surface area contributed by atoms with Crippen molar-refractivity contribution in [3.8, 4) is 0 Å². The smallest absolute Gasteiger partial charge is 0.263 e. The van der Waals surface area contributed by atoms with Gasteiger partial charge in [0.25, 0.3) is 5.91 Å². The van der Waals surface area contributed by atoms with Crippen molar-refractivity contribution in [1.29, 1.82) is 0 Å². The predicted molar refractivity (Wildman–Crippen MR) is 67.3 cm³/mol. The summed E-state index contributed by atoms with van der Waals surface area (Å²) in [5, 5.41) is 3.16. The van der Waals surface area contributed by atoms with Gasteiger partial charge < -0.3 is 10.2 Å². The van der Waals surface area contributed by atoms with Crippen LogP contribution in [0.4, 0.5) is 0 Å². The second-order valence-corrected chi connectivity index (χ2v) is 5.78. The summed E-state index contributed by atoms with van der Waals surface area (Å²) >= 11 is 7.18. The number of carbonyl (C=O) groups is 1. The number of halogens is 1. The molecule has 0 saturated carbocycles. The van der Waals surface area contributed by atoms with E-state index in [9.17, 15) is 4.79 Å². The molecular weight excluding hydrogens is 244 g/mol. The van der Waals surface area contributed by atoms with E-state index in [2.05, 4.69) is 5.32 Å². The Balaban J connectivity index is 1.97. The van der Waals surface area contributed by atoms with Gasteiger partial charge in [0.2, 0.25) is 0 Å². The summed E-state index contributed by atoms with van der Waals surface area (Å²) < 4.78 is 0.675. The Labute approximate surface area is 104 Å². The van der Waals surface area contributed by atoms with E-state index in [1.807, 2.05) is 11.9 Å². The number of hydrogen-bond acceptors (Lipinski definition) is 3. The molecule has 0 spiro atoms. The summed E-state index contributed by atoms with van der Waals surface area (Å²) in [4.78, 5) is 14.7. The normalized spacial score (nSPS) is 20.4. The lowest BCUT2D eigenvalue weighted by Gasteiger charge is -2.15. The van der Waals surface area contributed by atoms with E-state index in [0.717, 1.165) is 30.9 Å². The average Bonchev–Trinajstić information content (AvgIpc) is 2.87. The fourth-order valence-electron chi connectivity index (χ4n) is 2.06. The molecular formula is C11H15ClN2OS. The van der Waals surface area contributed by atoms with E-state index in [4.69, 9.17) is 11.6 Å². The molecule has 0 aromatic carbocycles. The number of hydrogen-bond donors (Lipinski definition) is 1. The number of likely N-dealkylation sites (tertiary alicyclic amines) is 1. The Morgan fingerprint density at radius 1 is 1.69 bits per heavy atom. The monoisotopic (exact) mass is 258 g/mol. The zero-order chi connectivity index (χ0) is 11.5. The van der Waals surface area contributed by atoms with Gasteiger partial charge in [0.05, 0.1) is 9.21 Å². The topological polar surface area (TPSA) is 32.3 Å². The van der Waals surface area contributed by atoms with Gasteiger partial charge in [-0.3, -0.25) is 4.79 Å². The number of rotatable bonds is 3. The highest BCUT2D eigenvalue weighted by Gasteiger charge is 2.27. The molecule has 1 amide bonds. The molecule has 1 N–H and O–H groups in total. The first-order chi connectivity index (χ1) is 7.70. The van der Waals surface area contributed by atoms with Gasteiger partial charge in [0.1, 0.15) is 0 Å². The number of carbonyl (C=O) groups excluding carboxylic acids is 1. The summed E-state index contributed by atoms with van der Waals surface area (Å²) in [6, 6.07) is 3.58. The lowest BCUT2D eigenvalue weighted by molar-refractivity contribution is 0.0792. The van der Waals surface area contributed by atoms with Gasteiger partial charge in [-0.05, 0) is 38.1 Å². The van der Waals surface area contributed by atoms with Gasteiger partial charge in [-0.15, -0.1) is 11.3 Å². The second kappa shape index (κ2) is 5.17. The minimum absolute atomic E-state index is 0.121. The van der Waals surface area contributed by atoms with Crippen LogP contribution in [0.15, 0.2) is 12.1 Å². The van der Waals surface area contributed by atoms with E-state index in [1.165, 1.54) is 11.3 Å². The first kappa shape index (κ1) is 11.9.